The third kappa shape index (κ3) is 3.77. The Balaban J connectivity index is 2.09. The summed E-state index contributed by atoms with van der Waals surface area (Å²) in [7, 11) is 0. The standard InChI is InChI=1S/C12H16Cl2N4/c13-8-5-9(14)7-11(6-8)17-12(18-15)16-10-3-1-2-4-10/h5-7,10H,1-4,15H2,(H2,16,17,18). The third-order valence-corrected chi connectivity index (χ3v) is 3.33. The summed E-state index contributed by atoms with van der Waals surface area (Å²) < 4.78 is 0. The summed E-state index contributed by atoms with van der Waals surface area (Å²) in [4.78, 5) is 4.53. The molecule has 4 N–H and O–H groups in total. The molecule has 0 unspecified atom stereocenters. The molecule has 0 bridgehead atoms. The molecular weight excluding hydrogens is 271 g/mol. The van der Waals surface area contributed by atoms with E-state index in [0.717, 1.165) is 18.5 Å². The second-order valence-electron chi connectivity index (χ2n) is 4.34. The van der Waals surface area contributed by atoms with E-state index < -0.39 is 0 Å². The van der Waals surface area contributed by atoms with Crippen LogP contribution in [0, 0.1) is 0 Å². The van der Waals surface area contributed by atoms with Gasteiger partial charge in [-0.25, -0.2) is 10.8 Å². The lowest BCUT2D eigenvalue weighted by Crippen LogP contribution is -2.37. The van der Waals surface area contributed by atoms with Crippen molar-refractivity contribution in [3.8, 4) is 0 Å². The highest BCUT2D eigenvalue weighted by molar-refractivity contribution is 6.35. The molecule has 0 heterocycles. The Morgan fingerprint density at radius 2 is 1.78 bits per heavy atom. The van der Waals surface area contributed by atoms with Gasteiger partial charge in [-0.15, -0.1) is 0 Å². The molecule has 1 fully saturated rings. The predicted molar refractivity (Wildman–Crippen MR) is 77.1 cm³/mol. The van der Waals surface area contributed by atoms with E-state index >= 15 is 0 Å². The van der Waals surface area contributed by atoms with E-state index in [0.29, 0.717) is 22.0 Å². The Bertz CT molecular complexity index is 421. The zero-order valence-corrected chi connectivity index (χ0v) is 11.4. The van der Waals surface area contributed by atoms with E-state index in [9.17, 15) is 0 Å². The molecule has 1 aliphatic rings. The molecule has 0 aromatic heterocycles. The Morgan fingerprint density at radius 3 is 2.33 bits per heavy atom. The number of benzene rings is 1. The van der Waals surface area contributed by atoms with Crippen molar-refractivity contribution in [1.29, 1.82) is 0 Å². The normalized spacial score (nSPS) is 16.9. The number of nitrogens with two attached hydrogens (primary N) is 1. The van der Waals surface area contributed by atoms with E-state index in [1.165, 1.54) is 12.8 Å². The van der Waals surface area contributed by atoms with Crippen LogP contribution in [-0.4, -0.2) is 12.0 Å². The highest BCUT2D eigenvalue weighted by Gasteiger charge is 2.14. The summed E-state index contributed by atoms with van der Waals surface area (Å²) in [6, 6.07) is 5.57. The molecule has 4 nitrogen and oxygen atoms in total. The van der Waals surface area contributed by atoms with Crippen molar-refractivity contribution >= 4 is 34.8 Å². The summed E-state index contributed by atoms with van der Waals surface area (Å²) >= 11 is 11.9. The lowest BCUT2D eigenvalue weighted by Gasteiger charge is -2.12. The smallest absolute Gasteiger partial charge is 0.210 e. The van der Waals surface area contributed by atoms with Gasteiger partial charge in [-0.1, -0.05) is 36.0 Å². The second kappa shape index (κ2) is 6.27. The van der Waals surface area contributed by atoms with Crippen molar-refractivity contribution in [2.45, 2.75) is 31.7 Å². The fourth-order valence-corrected chi connectivity index (χ4v) is 2.61. The molecule has 6 heteroatoms. The molecule has 0 saturated heterocycles. The summed E-state index contributed by atoms with van der Waals surface area (Å²) in [6.07, 6.45) is 4.69. The first-order valence-electron chi connectivity index (χ1n) is 5.95. The third-order valence-electron chi connectivity index (χ3n) is 2.90. The Hall–Kier alpha value is -0.970. The number of rotatable bonds is 2. The number of nitrogens with zero attached hydrogens (tertiary/aromatic N) is 1. The molecule has 2 rings (SSSR count). The zero-order valence-electron chi connectivity index (χ0n) is 9.92. The quantitative estimate of drug-likeness (QED) is 0.339. The van der Waals surface area contributed by atoms with E-state index in [4.69, 9.17) is 29.0 Å². The molecule has 0 radical (unpaired) electrons. The van der Waals surface area contributed by atoms with Gasteiger partial charge in [0.15, 0.2) is 0 Å². The van der Waals surface area contributed by atoms with Crippen molar-refractivity contribution in [2.24, 2.45) is 10.8 Å². The summed E-state index contributed by atoms with van der Waals surface area (Å²) in [6.45, 7) is 0. The maximum atomic E-state index is 5.93. The molecule has 0 amide bonds. The van der Waals surface area contributed by atoms with Crippen molar-refractivity contribution in [2.75, 3.05) is 5.32 Å². The summed E-state index contributed by atoms with van der Waals surface area (Å²) in [5.74, 6) is 6.01. The first-order chi connectivity index (χ1) is 8.67. The van der Waals surface area contributed by atoms with Gasteiger partial charge in [-0.05, 0) is 31.0 Å². The first-order valence-corrected chi connectivity index (χ1v) is 6.70. The molecule has 1 aromatic carbocycles. The van der Waals surface area contributed by atoms with Crippen molar-refractivity contribution in [1.82, 2.24) is 5.43 Å². The maximum Gasteiger partial charge on any atom is 0.210 e. The van der Waals surface area contributed by atoms with Crippen molar-refractivity contribution in [3.05, 3.63) is 28.2 Å². The molecule has 98 valence electrons. The molecular formula is C12H16Cl2N4. The number of anilines is 1. The number of hydrazine groups is 1. The molecule has 0 spiro atoms. The first kappa shape index (κ1) is 13.5. The highest BCUT2D eigenvalue weighted by atomic mass is 35.5. The van der Waals surface area contributed by atoms with Crippen molar-refractivity contribution in [3.63, 3.8) is 0 Å². The van der Waals surface area contributed by atoms with Crippen molar-refractivity contribution < 1.29 is 0 Å². The topological polar surface area (TPSA) is 62.4 Å². The van der Waals surface area contributed by atoms with Gasteiger partial charge >= 0.3 is 0 Å². The number of guanidine groups is 1. The van der Waals surface area contributed by atoms with Gasteiger partial charge in [0.05, 0.1) is 6.04 Å². The number of nitrogens with one attached hydrogen (secondary N) is 2. The Kier molecular flexibility index (Phi) is 4.69. The minimum Gasteiger partial charge on any atom is -0.325 e. The van der Waals surface area contributed by atoms with Gasteiger partial charge in [-0.2, -0.15) is 0 Å². The van der Waals surface area contributed by atoms with Crippen LogP contribution in [0.2, 0.25) is 10.0 Å². The van der Waals surface area contributed by atoms with Gasteiger partial charge in [-0.3, -0.25) is 5.43 Å². The van der Waals surface area contributed by atoms with Gasteiger partial charge in [0.2, 0.25) is 5.96 Å². The Labute approximate surface area is 117 Å². The number of aliphatic imine (C=N–C) groups is 1. The minimum absolute atomic E-state index is 0.346. The van der Waals surface area contributed by atoms with Gasteiger partial charge < -0.3 is 5.32 Å². The lowest BCUT2D eigenvalue weighted by molar-refractivity contribution is 0.700. The summed E-state index contributed by atoms with van der Waals surface area (Å²) in [5, 5.41) is 4.23. The largest absolute Gasteiger partial charge is 0.325 e. The van der Waals surface area contributed by atoms with Crippen LogP contribution in [-0.2, 0) is 0 Å². The van der Waals surface area contributed by atoms with Crippen LogP contribution in [0.15, 0.2) is 23.2 Å². The maximum absolute atomic E-state index is 5.93. The minimum atomic E-state index is 0.346. The van der Waals surface area contributed by atoms with Crippen LogP contribution >= 0.6 is 23.2 Å². The molecule has 1 saturated carbocycles. The van der Waals surface area contributed by atoms with Crippen LogP contribution in [0.1, 0.15) is 25.7 Å². The Morgan fingerprint density at radius 1 is 1.17 bits per heavy atom. The molecule has 0 atom stereocenters. The average Bonchev–Trinajstić information content (AvgIpc) is 2.79. The van der Waals surface area contributed by atoms with E-state index in [1.807, 2.05) is 0 Å². The number of hydrogen-bond donors (Lipinski definition) is 3. The van der Waals surface area contributed by atoms with Gasteiger partial charge in [0.1, 0.15) is 0 Å². The monoisotopic (exact) mass is 286 g/mol. The fourth-order valence-electron chi connectivity index (χ4n) is 2.08. The lowest BCUT2D eigenvalue weighted by atomic mass is 10.3. The average molecular weight is 287 g/mol. The number of hydrogen-bond acceptors (Lipinski definition) is 2. The molecule has 1 aromatic rings. The highest BCUT2D eigenvalue weighted by Crippen LogP contribution is 2.23. The van der Waals surface area contributed by atoms with Crippen LogP contribution < -0.4 is 16.6 Å². The van der Waals surface area contributed by atoms with Crippen LogP contribution in [0.25, 0.3) is 0 Å². The van der Waals surface area contributed by atoms with E-state index in [-0.39, 0.29) is 0 Å². The molecule has 18 heavy (non-hydrogen) atoms. The summed E-state index contributed by atoms with van der Waals surface area (Å²) in [5.41, 5.74) is 3.33. The second-order valence-corrected chi connectivity index (χ2v) is 5.22. The predicted octanol–water partition coefficient (Wildman–Crippen LogP) is 3.17. The van der Waals surface area contributed by atoms with Crippen LogP contribution in [0.4, 0.5) is 5.69 Å². The van der Waals surface area contributed by atoms with Crippen LogP contribution in [0.3, 0.4) is 0 Å². The molecule has 0 aliphatic heterocycles. The van der Waals surface area contributed by atoms with Gasteiger partial charge in [0, 0.05) is 15.7 Å². The SMILES string of the molecule is NNC(=NC1CCCC1)Nc1cc(Cl)cc(Cl)c1. The number of halogens is 2. The zero-order chi connectivity index (χ0) is 13.0. The van der Waals surface area contributed by atoms with Gasteiger partial charge in [0.25, 0.3) is 0 Å². The van der Waals surface area contributed by atoms with E-state index in [2.05, 4.69) is 15.7 Å². The molecule has 1 aliphatic carbocycles. The fraction of sp³-hybridized carbons (Fsp3) is 0.417. The van der Waals surface area contributed by atoms with Crippen LogP contribution in [0.5, 0.6) is 0 Å². The van der Waals surface area contributed by atoms with E-state index in [1.54, 1.807) is 18.2 Å².